The lowest BCUT2D eigenvalue weighted by Gasteiger charge is -1.99. The summed E-state index contributed by atoms with van der Waals surface area (Å²) in [7, 11) is -0.305. The Bertz CT molecular complexity index is 101. The van der Waals surface area contributed by atoms with E-state index in [1.165, 1.54) is 0 Å². The first-order valence-electron chi connectivity index (χ1n) is 2.93. The molecule has 1 nitrogen and oxygen atoms in total. The van der Waals surface area contributed by atoms with E-state index in [1.54, 1.807) is 6.08 Å². The van der Waals surface area contributed by atoms with Crippen molar-refractivity contribution in [2.24, 2.45) is 0 Å². The minimum absolute atomic E-state index is 0.305. The zero-order valence-electron chi connectivity index (χ0n) is 5.63. The van der Waals surface area contributed by atoms with Crippen LogP contribution in [-0.2, 0) is 25.1 Å². The molecule has 0 saturated carbocycles. The molecule has 1 unspecified atom stereocenters. The van der Waals surface area contributed by atoms with Crippen LogP contribution in [0.4, 0.5) is 0 Å². The lowest BCUT2D eigenvalue weighted by atomic mass is 10.5. The summed E-state index contributed by atoms with van der Waals surface area (Å²) in [6.07, 6.45) is 2.84. The van der Waals surface area contributed by atoms with Crippen molar-refractivity contribution in [1.29, 1.82) is 0 Å². The van der Waals surface area contributed by atoms with E-state index in [0.717, 1.165) is 18.8 Å². The molecule has 0 amide bonds. The average Bonchev–Trinajstić information content (AvgIpc) is 1.85. The van der Waals surface area contributed by atoms with Gasteiger partial charge in [0.05, 0.1) is 6.61 Å². The van der Waals surface area contributed by atoms with Crippen molar-refractivity contribution in [3.63, 3.8) is 0 Å². The predicted molar refractivity (Wildman–Crippen MR) is 46.0 cm³/mol. The standard InChI is InChI=1S/C6H12OS2/c1-3-5-7-9(8)6-4-2/h4H,2-3,5-6H2,1H3. The number of hydrogen-bond acceptors (Lipinski definition) is 2. The highest BCUT2D eigenvalue weighted by Gasteiger charge is 1.88. The van der Waals surface area contributed by atoms with Crippen molar-refractivity contribution >= 4 is 20.9 Å². The third-order valence-electron chi connectivity index (χ3n) is 0.673. The normalized spacial score (nSPS) is 13.0. The SMILES string of the molecule is C=CCS(=S)OCCC. The second-order valence-corrected chi connectivity index (χ2v) is 3.87. The van der Waals surface area contributed by atoms with Gasteiger partial charge in [-0.2, -0.15) is 0 Å². The molecule has 0 N–H and O–H groups in total. The summed E-state index contributed by atoms with van der Waals surface area (Å²) in [5.74, 6) is 0.801. The largest absolute Gasteiger partial charge is 0.312 e. The molecule has 0 aromatic heterocycles. The second-order valence-electron chi connectivity index (χ2n) is 1.58. The molecule has 9 heavy (non-hydrogen) atoms. The molecule has 0 bridgehead atoms. The summed E-state index contributed by atoms with van der Waals surface area (Å²) in [4.78, 5) is 0. The van der Waals surface area contributed by atoms with Crippen molar-refractivity contribution in [3.8, 4) is 0 Å². The molecular weight excluding hydrogens is 152 g/mol. The van der Waals surface area contributed by atoms with Crippen LogP contribution in [0.2, 0.25) is 0 Å². The van der Waals surface area contributed by atoms with Crippen LogP contribution >= 0.6 is 0 Å². The first-order valence-corrected chi connectivity index (χ1v) is 5.18. The van der Waals surface area contributed by atoms with Crippen molar-refractivity contribution in [3.05, 3.63) is 12.7 Å². The maximum atomic E-state index is 5.20. The molecule has 0 rings (SSSR count). The van der Waals surface area contributed by atoms with Gasteiger partial charge in [-0.1, -0.05) is 13.0 Å². The van der Waals surface area contributed by atoms with E-state index in [1.807, 2.05) is 0 Å². The van der Waals surface area contributed by atoms with E-state index >= 15 is 0 Å². The average molecular weight is 164 g/mol. The van der Waals surface area contributed by atoms with Gasteiger partial charge in [-0.15, -0.1) is 6.58 Å². The van der Waals surface area contributed by atoms with Gasteiger partial charge < -0.3 is 4.18 Å². The molecule has 0 aromatic rings. The van der Waals surface area contributed by atoms with Gasteiger partial charge in [-0.25, -0.2) is 0 Å². The van der Waals surface area contributed by atoms with Crippen LogP contribution in [0, 0.1) is 0 Å². The molecule has 54 valence electrons. The molecule has 0 fully saturated rings. The van der Waals surface area contributed by atoms with Crippen molar-refractivity contribution in [2.45, 2.75) is 13.3 Å². The molecule has 0 saturated heterocycles. The van der Waals surface area contributed by atoms with E-state index in [9.17, 15) is 0 Å². The zero-order chi connectivity index (χ0) is 7.11. The van der Waals surface area contributed by atoms with Crippen molar-refractivity contribution in [2.75, 3.05) is 12.4 Å². The van der Waals surface area contributed by atoms with Crippen LogP contribution < -0.4 is 0 Å². The molecule has 0 aromatic carbocycles. The smallest absolute Gasteiger partial charge is 0.0614 e. The van der Waals surface area contributed by atoms with Crippen LogP contribution in [0.25, 0.3) is 0 Å². The van der Waals surface area contributed by atoms with Gasteiger partial charge in [0.15, 0.2) is 0 Å². The maximum absolute atomic E-state index is 5.20. The Morgan fingerprint density at radius 2 is 2.44 bits per heavy atom. The fourth-order valence-electron chi connectivity index (χ4n) is 0.321. The predicted octanol–water partition coefficient (Wildman–Crippen LogP) is 1.59. The zero-order valence-corrected chi connectivity index (χ0v) is 7.26. The first kappa shape index (κ1) is 9.27. The topological polar surface area (TPSA) is 9.23 Å². The molecule has 0 radical (unpaired) electrons. The van der Waals surface area contributed by atoms with Gasteiger partial charge in [0, 0.05) is 15.5 Å². The van der Waals surface area contributed by atoms with E-state index in [0.29, 0.717) is 0 Å². The van der Waals surface area contributed by atoms with Gasteiger partial charge in [-0.3, -0.25) is 0 Å². The van der Waals surface area contributed by atoms with Crippen molar-refractivity contribution < 1.29 is 4.18 Å². The van der Waals surface area contributed by atoms with E-state index in [2.05, 4.69) is 13.5 Å². The summed E-state index contributed by atoms with van der Waals surface area (Å²) < 4.78 is 5.20. The number of rotatable bonds is 5. The van der Waals surface area contributed by atoms with Crippen LogP contribution in [-0.4, -0.2) is 12.4 Å². The third-order valence-corrected chi connectivity index (χ3v) is 2.31. The Balaban J connectivity index is 3.16. The highest BCUT2D eigenvalue weighted by molar-refractivity contribution is 8.26. The third kappa shape index (κ3) is 6.15. The van der Waals surface area contributed by atoms with E-state index in [-0.39, 0.29) is 9.74 Å². The minimum Gasteiger partial charge on any atom is -0.312 e. The lowest BCUT2D eigenvalue weighted by molar-refractivity contribution is 0.369. The van der Waals surface area contributed by atoms with E-state index in [4.69, 9.17) is 15.4 Å². The fraction of sp³-hybridized carbons (Fsp3) is 0.667. The molecule has 1 atom stereocenters. The van der Waals surface area contributed by atoms with Gasteiger partial charge in [0.25, 0.3) is 0 Å². The Hall–Kier alpha value is 0.270. The summed E-state index contributed by atoms with van der Waals surface area (Å²) in [6, 6.07) is 0. The molecular formula is C6H12OS2. The molecule has 0 aliphatic heterocycles. The van der Waals surface area contributed by atoms with Crippen LogP contribution in [0.1, 0.15) is 13.3 Å². The number of hydrogen-bond donors (Lipinski definition) is 0. The summed E-state index contributed by atoms with van der Waals surface area (Å²) in [6.45, 7) is 6.42. The van der Waals surface area contributed by atoms with Crippen LogP contribution in [0.5, 0.6) is 0 Å². The first-order chi connectivity index (χ1) is 4.31. The van der Waals surface area contributed by atoms with Gasteiger partial charge in [0.2, 0.25) is 0 Å². The molecule has 0 aliphatic carbocycles. The Morgan fingerprint density at radius 1 is 1.78 bits per heavy atom. The summed E-state index contributed by atoms with van der Waals surface area (Å²) >= 11 is 4.94. The summed E-state index contributed by atoms with van der Waals surface area (Å²) in [5.41, 5.74) is 0. The van der Waals surface area contributed by atoms with Gasteiger partial charge in [0.1, 0.15) is 0 Å². The van der Waals surface area contributed by atoms with Gasteiger partial charge in [-0.05, 0) is 17.6 Å². The lowest BCUT2D eigenvalue weighted by Crippen LogP contribution is -1.98. The van der Waals surface area contributed by atoms with Crippen LogP contribution in [0.15, 0.2) is 12.7 Å². The quantitative estimate of drug-likeness (QED) is 0.571. The maximum Gasteiger partial charge on any atom is 0.0614 e. The molecule has 0 heterocycles. The molecule has 0 aliphatic rings. The highest BCUT2D eigenvalue weighted by atomic mass is 32.8. The van der Waals surface area contributed by atoms with Crippen molar-refractivity contribution in [1.82, 2.24) is 0 Å². The Morgan fingerprint density at radius 3 is 2.89 bits per heavy atom. The minimum atomic E-state index is -0.305. The molecule has 3 heteroatoms. The van der Waals surface area contributed by atoms with Gasteiger partial charge >= 0.3 is 0 Å². The fourth-order valence-corrected chi connectivity index (χ4v) is 1.45. The van der Waals surface area contributed by atoms with Crippen LogP contribution in [0.3, 0.4) is 0 Å². The summed E-state index contributed by atoms with van der Waals surface area (Å²) in [5, 5.41) is 0. The van der Waals surface area contributed by atoms with E-state index < -0.39 is 0 Å². The monoisotopic (exact) mass is 164 g/mol. The Labute approximate surface area is 63.9 Å². The molecule has 0 spiro atoms. The second kappa shape index (κ2) is 6.39. The Kier molecular flexibility index (Phi) is 6.58. The highest BCUT2D eigenvalue weighted by Crippen LogP contribution is 1.88.